The SMILES string of the molecule is COc1ccc(-c2nccn3cc(C(=O)NCCN(C)C4CCCCC4)nc23)cc1. The van der Waals surface area contributed by atoms with Crippen molar-refractivity contribution >= 4 is 11.6 Å². The monoisotopic (exact) mass is 407 g/mol. The Balaban J connectivity index is 1.43. The largest absolute Gasteiger partial charge is 0.497 e. The molecule has 1 N–H and O–H groups in total. The minimum atomic E-state index is -0.156. The molecule has 1 saturated carbocycles. The van der Waals surface area contributed by atoms with E-state index < -0.39 is 0 Å². The third-order valence-electron chi connectivity index (χ3n) is 5.92. The summed E-state index contributed by atoms with van der Waals surface area (Å²) >= 11 is 0. The second kappa shape index (κ2) is 9.26. The maximum absolute atomic E-state index is 12.7. The van der Waals surface area contributed by atoms with Gasteiger partial charge in [-0.1, -0.05) is 19.3 Å². The van der Waals surface area contributed by atoms with E-state index in [0.717, 1.165) is 23.6 Å². The molecular weight excluding hydrogens is 378 g/mol. The average Bonchev–Trinajstić information content (AvgIpc) is 3.24. The lowest BCUT2D eigenvalue weighted by molar-refractivity contribution is 0.0940. The number of nitrogens with one attached hydrogen (secondary N) is 1. The van der Waals surface area contributed by atoms with Crippen LogP contribution >= 0.6 is 0 Å². The molecule has 30 heavy (non-hydrogen) atoms. The molecule has 7 nitrogen and oxygen atoms in total. The Kier molecular flexibility index (Phi) is 6.28. The summed E-state index contributed by atoms with van der Waals surface area (Å²) in [7, 11) is 3.79. The standard InChI is InChI=1S/C23H29N5O2/c1-27(18-6-4-3-5-7-18)14-12-25-23(29)20-16-28-15-13-24-21(22(28)26-20)17-8-10-19(30-2)11-9-17/h8-11,13,15-16,18H,3-7,12,14H2,1-2H3,(H,25,29). The molecule has 1 aliphatic rings. The average molecular weight is 408 g/mol. The summed E-state index contributed by atoms with van der Waals surface area (Å²) in [5.41, 5.74) is 2.72. The predicted molar refractivity (Wildman–Crippen MR) is 117 cm³/mol. The van der Waals surface area contributed by atoms with Gasteiger partial charge in [0.15, 0.2) is 5.65 Å². The molecule has 2 heterocycles. The lowest BCUT2D eigenvalue weighted by atomic mass is 9.94. The summed E-state index contributed by atoms with van der Waals surface area (Å²) in [6.07, 6.45) is 11.8. The molecule has 0 spiro atoms. The van der Waals surface area contributed by atoms with Crippen LogP contribution in [0.2, 0.25) is 0 Å². The van der Waals surface area contributed by atoms with E-state index in [0.29, 0.717) is 23.9 Å². The molecule has 0 atom stereocenters. The Morgan fingerprint density at radius 2 is 2.00 bits per heavy atom. The molecule has 1 aliphatic carbocycles. The topological polar surface area (TPSA) is 71.8 Å². The number of methoxy groups -OCH3 is 1. The number of rotatable bonds is 7. The lowest BCUT2D eigenvalue weighted by Gasteiger charge is -2.31. The van der Waals surface area contributed by atoms with Gasteiger partial charge in [0.05, 0.1) is 7.11 Å². The summed E-state index contributed by atoms with van der Waals surface area (Å²) in [5.74, 6) is 0.628. The second-order valence-corrected chi connectivity index (χ2v) is 7.89. The van der Waals surface area contributed by atoms with Crippen molar-refractivity contribution in [3.63, 3.8) is 0 Å². The van der Waals surface area contributed by atoms with E-state index in [1.165, 1.54) is 32.1 Å². The molecule has 158 valence electrons. The van der Waals surface area contributed by atoms with Crippen molar-refractivity contribution in [3.05, 3.63) is 48.5 Å². The van der Waals surface area contributed by atoms with Crippen molar-refractivity contribution in [1.82, 2.24) is 24.6 Å². The molecule has 0 unspecified atom stereocenters. The summed E-state index contributed by atoms with van der Waals surface area (Å²) in [4.78, 5) is 24.1. The first-order chi connectivity index (χ1) is 14.7. The molecule has 0 bridgehead atoms. The maximum Gasteiger partial charge on any atom is 0.271 e. The minimum absolute atomic E-state index is 0.156. The van der Waals surface area contributed by atoms with Crippen molar-refractivity contribution in [2.45, 2.75) is 38.1 Å². The fraction of sp³-hybridized carbons (Fsp3) is 0.435. The van der Waals surface area contributed by atoms with Crippen LogP contribution < -0.4 is 10.1 Å². The Hall–Kier alpha value is -2.93. The highest BCUT2D eigenvalue weighted by molar-refractivity contribution is 5.93. The summed E-state index contributed by atoms with van der Waals surface area (Å²) in [6.45, 7) is 1.46. The molecule has 1 aromatic carbocycles. The number of amides is 1. The smallest absolute Gasteiger partial charge is 0.271 e. The quantitative estimate of drug-likeness (QED) is 0.650. The number of carbonyl (C=O) groups is 1. The number of nitrogens with zero attached hydrogens (tertiary/aromatic N) is 4. The number of hydrogen-bond donors (Lipinski definition) is 1. The van der Waals surface area contributed by atoms with Gasteiger partial charge in [-0.3, -0.25) is 9.78 Å². The molecule has 0 aliphatic heterocycles. The molecule has 1 fully saturated rings. The summed E-state index contributed by atoms with van der Waals surface area (Å²) in [5, 5.41) is 3.01. The highest BCUT2D eigenvalue weighted by Crippen LogP contribution is 2.24. The summed E-state index contributed by atoms with van der Waals surface area (Å²) in [6, 6.07) is 8.30. The van der Waals surface area contributed by atoms with Crippen LogP contribution in [-0.4, -0.2) is 58.5 Å². The molecule has 7 heteroatoms. The van der Waals surface area contributed by atoms with Gasteiger partial charge in [0, 0.05) is 43.3 Å². The van der Waals surface area contributed by atoms with Gasteiger partial charge in [-0.25, -0.2) is 4.98 Å². The van der Waals surface area contributed by atoms with Crippen LogP contribution in [0, 0.1) is 0 Å². The fourth-order valence-electron chi connectivity index (χ4n) is 4.12. The number of benzene rings is 1. The zero-order chi connectivity index (χ0) is 20.9. The first-order valence-electron chi connectivity index (χ1n) is 10.6. The van der Waals surface area contributed by atoms with Gasteiger partial charge in [-0.2, -0.15) is 0 Å². The Morgan fingerprint density at radius 3 is 2.73 bits per heavy atom. The summed E-state index contributed by atoms with van der Waals surface area (Å²) < 4.78 is 7.07. The van der Waals surface area contributed by atoms with Crippen molar-refractivity contribution in [1.29, 1.82) is 0 Å². The number of hydrogen-bond acceptors (Lipinski definition) is 5. The molecular formula is C23H29N5O2. The predicted octanol–water partition coefficient (Wildman–Crippen LogP) is 3.40. The first-order valence-corrected chi connectivity index (χ1v) is 10.6. The van der Waals surface area contributed by atoms with Gasteiger partial charge < -0.3 is 19.4 Å². The molecule has 1 amide bonds. The third kappa shape index (κ3) is 4.46. The van der Waals surface area contributed by atoms with E-state index in [4.69, 9.17) is 4.74 Å². The number of carbonyl (C=O) groups excluding carboxylic acids is 1. The minimum Gasteiger partial charge on any atom is -0.497 e. The van der Waals surface area contributed by atoms with E-state index in [1.54, 1.807) is 19.5 Å². The fourth-order valence-corrected chi connectivity index (χ4v) is 4.12. The van der Waals surface area contributed by atoms with Crippen LogP contribution in [0.1, 0.15) is 42.6 Å². The Labute approximate surface area is 177 Å². The highest BCUT2D eigenvalue weighted by atomic mass is 16.5. The Morgan fingerprint density at radius 1 is 1.23 bits per heavy atom. The number of likely N-dealkylation sites (N-methyl/N-ethyl adjacent to an activating group) is 1. The second-order valence-electron chi connectivity index (χ2n) is 7.89. The highest BCUT2D eigenvalue weighted by Gasteiger charge is 2.18. The van der Waals surface area contributed by atoms with Crippen molar-refractivity contribution in [2.24, 2.45) is 0 Å². The Bertz CT molecular complexity index is 993. The first kappa shape index (κ1) is 20.3. The van der Waals surface area contributed by atoms with Crippen molar-refractivity contribution < 1.29 is 9.53 Å². The number of ether oxygens (including phenoxy) is 1. The van der Waals surface area contributed by atoms with Crippen LogP contribution in [0.3, 0.4) is 0 Å². The maximum atomic E-state index is 12.7. The van der Waals surface area contributed by atoms with Crippen molar-refractivity contribution in [2.75, 3.05) is 27.2 Å². The van der Waals surface area contributed by atoms with Gasteiger partial charge in [0.1, 0.15) is 17.1 Å². The number of fused-ring (bicyclic) bond motifs is 1. The van der Waals surface area contributed by atoms with Gasteiger partial charge >= 0.3 is 0 Å². The normalized spacial score (nSPS) is 14.9. The van der Waals surface area contributed by atoms with Gasteiger partial charge in [0.25, 0.3) is 5.91 Å². The van der Waals surface area contributed by atoms with Crippen molar-refractivity contribution in [3.8, 4) is 17.0 Å². The van der Waals surface area contributed by atoms with E-state index >= 15 is 0 Å². The molecule has 0 radical (unpaired) electrons. The van der Waals surface area contributed by atoms with Crippen LogP contribution in [-0.2, 0) is 0 Å². The van der Waals surface area contributed by atoms with Crippen LogP contribution in [0.15, 0.2) is 42.9 Å². The zero-order valence-corrected chi connectivity index (χ0v) is 17.7. The van der Waals surface area contributed by atoms with Gasteiger partial charge in [-0.05, 0) is 44.2 Å². The molecule has 2 aromatic heterocycles. The van der Waals surface area contributed by atoms with E-state index in [2.05, 4.69) is 27.2 Å². The van der Waals surface area contributed by atoms with Gasteiger partial charge in [0.2, 0.25) is 0 Å². The molecule has 4 rings (SSSR count). The van der Waals surface area contributed by atoms with E-state index in [1.807, 2.05) is 34.9 Å². The van der Waals surface area contributed by atoms with Gasteiger partial charge in [-0.15, -0.1) is 0 Å². The number of aromatic nitrogens is 3. The van der Waals surface area contributed by atoms with E-state index in [9.17, 15) is 4.79 Å². The van der Waals surface area contributed by atoms with Crippen LogP contribution in [0.4, 0.5) is 0 Å². The van der Waals surface area contributed by atoms with E-state index in [-0.39, 0.29) is 5.91 Å². The van der Waals surface area contributed by atoms with Crippen LogP contribution in [0.25, 0.3) is 16.9 Å². The van der Waals surface area contributed by atoms with Crippen LogP contribution in [0.5, 0.6) is 5.75 Å². The molecule has 0 saturated heterocycles. The molecule has 3 aromatic rings. The zero-order valence-electron chi connectivity index (χ0n) is 17.7. The number of imidazole rings is 1. The third-order valence-corrected chi connectivity index (χ3v) is 5.92. The lowest BCUT2D eigenvalue weighted by Crippen LogP contribution is -2.39.